The van der Waals surface area contributed by atoms with Gasteiger partial charge in [0.15, 0.2) is 12.4 Å². The first-order chi connectivity index (χ1) is 23.2. The second kappa shape index (κ2) is 16.9. The molecule has 0 atom stereocenters. The number of aliphatic hydroxyl groups excluding tert-OH is 1. The van der Waals surface area contributed by atoms with Gasteiger partial charge >= 0.3 is 0 Å². The monoisotopic (exact) mass is 616 g/mol. The van der Waals surface area contributed by atoms with Crippen LogP contribution in [0, 0.1) is 0 Å². The Bertz CT molecular complexity index is 1610. The van der Waals surface area contributed by atoms with Gasteiger partial charge in [0, 0.05) is 30.9 Å². The van der Waals surface area contributed by atoms with E-state index in [2.05, 4.69) is 206 Å². The maximum atomic E-state index is 9.08. The van der Waals surface area contributed by atoms with Crippen molar-refractivity contribution in [3.05, 3.63) is 181 Å². The van der Waals surface area contributed by atoms with E-state index < -0.39 is 6.15 Å². The highest BCUT2D eigenvalue weighted by Crippen LogP contribution is 2.16. The van der Waals surface area contributed by atoms with E-state index in [1.807, 2.05) is 0 Å². The molecule has 47 heavy (non-hydrogen) atoms. The summed E-state index contributed by atoms with van der Waals surface area (Å²) in [4.78, 5) is 2.16. The van der Waals surface area contributed by atoms with Gasteiger partial charge in [0.05, 0.1) is 6.61 Å². The number of benzene rings is 5. The van der Waals surface area contributed by atoms with Crippen LogP contribution in [0.3, 0.4) is 0 Å². The Labute approximate surface area is 281 Å². The maximum absolute atomic E-state index is 9.08. The van der Waals surface area contributed by atoms with Crippen molar-refractivity contribution in [1.82, 2.24) is 0 Å². The number of anilines is 1. The zero-order valence-electron chi connectivity index (χ0n) is 27.6. The number of rotatable bonds is 11. The van der Waals surface area contributed by atoms with E-state index in [1.165, 1.54) is 33.0 Å². The van der Waals surface area contributed by atoms with Crippen molar-refractivity contribution < 1.29 is 9.67 Å². The van der Waals surface area contributed by atoms with E-state index in [9.17, 15) is 0 Å². The average molecular weight is 617 g/mol. The lowest BCUT2D eigenvalue weighted by Crippen LogP contribution is -2.74. The summed E-state index contributed by atoms with van der Waals surface area (Å²) in [6.07, 6.45) is 7.22. The first-order valence-electron chi connectivity index (χ1n) is 16.7. The van der Waals surface area contributed by atoms with E-state index in [-0.39, 0.29) is 6.61 Å². The van der Waals surface area contributed by atoms with Crippen molar-refractivity contribution in [3.63, 3.8) is 0 Å². The fourth-order valence-electron chi connectivity index (χ4n) is 6.49. The second-order valence-electron chi connectivity index (χ2n) is 11.7. The van der Waals surface area contributed by atoms with Gasteiger partial charge < -0.3 is 10.0 Å². The summed E-state index contributed by atoms with van der Waals surface area (Å²) in [7, 11) is 0. The number of likely N-dealkylation sites (N-methyl/N-ethyl adjacent to an activating group) is 1. The van der Waals surface area contributed by atoms with Gasteiger partial charge in [0.25, 0.3) is 0 Å². The highest BCUT2D eigenvalue weighted by Gasteiger charge is 2.31. The summed E-state index contributed by atoms with van der Waals surface area (Å²) in [6.45, 7) is 6.98. The second-order valence-corrected chi connectivity index (χ2v) is 11.7. The Morgan fingerprint density at radius 1 is 0.532 bits per heavy atom. The van der Waals surface area contributed by atoms with Gasteiger partial charge in [-0.2, -0.15) is 21.9 Å². The predicted octanol–water partition coefficient (Wildman–Crippen LogP) is 6.05. The Hall–Kier alpha value is -5.19. The Kier molecular flexibility index (Phi) is 12.0. The molecule has 0 aliphatic carbocycles. The van der Waals surface area contributed by atoms with E-state index in [0.717, 1.165) is 18.8 Å². The van der Waals surface area contributed by atoms with Crippen molar-refractivity contribution in [2.24, 2.45) is 0 Å². The largest absolute Gasteiger partial charge is 0.395 e. The number of hydrogen-bond acceptors (Lipinski definition) is 2. The molecule has 1 heterocycles. The third-order valence-electron chi connectivity index (χ3n) is 8.96. The van der Waals surface area contributed by atoms with Crippen LogP contribution in [-0.2, 0) is 6.54 Å². The number of nitrogens with zero attached hydrogens (tertiary/aromatic N) is 2. The molecule has 1 N–H and O–H groups in total. The summed E-state index contributed by atoms with van der Waals surface area (Å²) < 4.78 is 2.15. The Balaban J connectivity index is 0.000000186. The minimum atomic E-state index is -1.22. The minimum Gasteiger partial charge on any atom is -0.395 e. The van der Waals surface area contributed by atoms with E-state index in [1.54, 1.807) is 0 Å². The molecule has 0 aliphatic heterocycles. The highest BCUT2D eigenvalue weighted by molar-refractivity contribution is 7.19. The van der Waals surface area contributed by atoms with E-state index >= 15 is 0 Å². The number of aryl methyl sites for hydroxylation is 1. The lowest BCUT2D eigenvalue weighted by atomic mass is 9.13. The topological polar surface area (TPSA) is 27.3 Å². The van der Waals surface area contributed by atoms with Gasteiger partial charge in [-0.1, -0.05) is 146 Å². The van der Waals surface area contributed by atoms with Crippen molar-refractivity contribution in [1.29, 1.82) is 0 Å². The lowest BCUT2D eigenvalue weighted by molar-refractivity contribution is -0.693. The van der Waals surface area contributed by atoms with E-state index in [0.29, 0.717) is 6.54 Å². The van der Waals surface area contributed by atoms with E-state index in [4.69, 9.17) is 5.11 Å². The van der Waals surface area contributed by atoms with Crippen LogP contribution >= 0.6 is 0 Å². The van der Waals surface area contributed by atoms with Crippen LogP contribution in [0.1, 0.15) is 25.0 Å². The molecule has 0 spiro atoms. The molecular weight excluding hydrogens is 571 g/mol. The molecule has 0 unspecified atom stereocenters. The quantitative estimate of drug-likeness (QED) is 0.142. The molecule has 4 heteroatoms. The molecule has 1 aromatic heterocycles. The van der Waals surface area contributed by atoms with Gasteiger partial charge in [-0.15, -0.1) is 0 Å². The van der Waals surface area contributed by atoms with Crippen LogP contribution in [0.2, 0.25) is 0 Å². The third-order valence-corrected chi connectivity index (χ3v) is 8.96. The van der Waals surface area contributed by atoms with Gasteiger partial charge in [-0.3, -0.25) is 0 Å². The van der Waals surface area contributed by atoms with Gasteiger partial charge in [-0.25, -0.2) is 4.57 Å². The molecule has 0 aliphatic rings. The summed E-state index contributed by atoms with van der Waals surface area (Å²) >= 11 is 0. The number of aromatic nitrogens is 1. The van der Waals surface area contributed by atoms with Crippen LogP contribution in [0.5, 0.6) is 0 Å². The summed E-state index contributed by atoms with van der Waals surface area (Å²) in [5.74, 6) is 0. The molecule has 6 rings (SSSR count). The Morgan fingerprint density at radius 2 is 0.915 bits per heavy atom. The van der Waals surface area contributed by atoms with Crippen LogP contribution < -0.4 is 31.3 Å². The van der Waals surface area contributed by atoms with Crippen LogP contribution in [0.25, 0.3) is 12.2 Å². The molecule has 0 fully saturated rings. The fraction of sp³-hybridized carbons (Fsp3) is 0.140. The highest BCUT2D eigenvalue weighted by atomic mass is 16.3. The van der Waals surface area contributed by atoms with Crippen molar-refractivity contribution in [3.8, 4) is 0 Å². The predicted molar refractivity (Wildman–Crippen MR) is 203 cm³/mol. The smallest absolute Gasteiger partial charge is 0.169 e. The van der Waals surface area contributed by atoms with Gasteiger partial charge in [-0.05, 0) is 37.1 Å². The zero-order chi connectivity index (χ0) is 32.7. The molecule has 0 bridgehead atoms. The number of pyridine rings is 1. The minimum absolute atomic E-state index is 0.182. The van der Waals surface area contributed by atoms with Crippen molar-refractivity contribution in [2.75, 3.05) is 24.6 Å². The first kappa shape index (κ1) is 33.2. The van der Waals surface area contributed by atoms with Crippen LogP contribution in [0.15, 0.2) is 170 Å². The summed E-state index contributed by atoms with van der Waals surface area (Å²) in [5, 5.41) is 9.08. The number of hydrogen-bond donors (Lipinski definition) is 1. The van der Waals surface area contributed by atoms with Crippen LogP contribution in [-0.4, -0.2) is 30.9 Å². The van der Waals surface area contributed by atoms with Gasteiger partial charge in [0.2, 0.25) is 0 Å². The maximum Gasteiger partial charge on any atom is 0.169 e. The average Bonchev–Trinajstić information content (AvgIpc) is 3.16. The normalized spacial score (nSPS) is 11.1. The molecule has 5 aromatic carbocycles. The lowest BCUT2D eigenvalue weighted by Gasteiger charge is -2.44. The summed E-state index contributed by atoms with van der Waals surface area (Å²) in [5.41, 5.74) is 8.88. The zero-order valence-corrected chi connectivity index (χ0v) is 27.6. The Morgan fingerprint density at radius 3 is 1.26 bits per heavy atom. The standard InChI is InChI=1S/C24H20B.C19H25N2O/c1-5-13-21(14-6-1)25(22-15-7-2-8-16-22,23-17-9-3-10-18-23)24-19-11-4-12-20-24;1-3-20-13-11-18(12-14-20)6-5-17-7-9-19(10-8-17)21(4-2)15-16-22/h1-20H;5-14,22H,3-4,15-16H2,1-2H3/q-1;+1. The van der Waals surface area contributed by atoms with Crippen LogP contribution in [0.4, 0.5) is 5.69 Å². The summed E-state index contributed by atoms with van der Waals surface area (Å²) in [6, 6.07) is 56.2. The molecule has 0 radical (unpaired) electrons. The molecule has 0 amide bonds. The number of aliphatic hydroxyl groups is 1. The molecule has 0 saturated heterocycles. The van der Waals surface area contributed by atoms with Crippen molar-refractivity contribution in [2.45, 2.75) is 20.4 Å². The first-order valence-corrected chi connectivity index (χ1v) is 16.7. The SMILES string of the molecule is CCN(CCO)c1ccc(/C=C/c2cc[n+](CC)cc2)cc1.c1ccc([B-](c2ccccc2)(c2ccccc2)c2ccccc2)cc1. The molecule has 0 saturated carbocycles. The molecule has 236 valence electrons. The van der Waals surface area contributed by atoms with Gasteiger partial charge in [0.1, 0.15) is 12.7 Å². The molecular formula is C43H45BN2O. The molecule has 6 aromatic rings. The molecule has 3 nitrogen and oxygen atoms in total. The third kappa shape index (κ3) is 8.16. The fourth-order valence-corrected chi connectivity index (χ4v) is 6.49. The van der Waals surface area contributed by atoms with Crippen molar-refractivity contribution >= 4 is 45.8 Å².